The fourth-order valence-electron chi connectivity index (χ4n) is 2.41. The van der Waals surface area contributed by atoms with Crippen molar-refractivity contribution in [3.8, 4) is 5.75 Å². The third-order valence-corrected chi connectivity index (χ3v) is 3.45. The summed E-state index contributed by atoms with van der Waals surface area (Å²) in [6.07, 6.45) is 0. The predicted octanol–water partition coefficient (Wildman–Crippen LogP) is 2.73. The van der Waals surface area contributed by atoms with Gasteiger partial charge in [-0.2, -0.15) is 0 Å². The van der Waals surface area contributed by atoms with Gasteiger partial charge in [-0.15, -0.1) is 0 Å². The number of aryl methyl sites for hydroxylation is 1. The molecule has 0 bridgehead atoms. The SMILES string of the molecule is COc1ccccc1C(CN)N(C)Cc1ccc(C)o1. The van der Waals surface area contributed by atoms with E-state index in [0.717, 1.165) is 22.8 Å². The smallest absolute Gasteiger partial charge is 0.123 e. The normalized spacial score (nSPS) is 12.7. The Morgan fingerprint density at radius 3 is 2.60 bits per heavy atom. The molecule has 4 heteroatoms. The second-order valence-corrected chi connectivity index (χ2v) is 4.92. The molecule has 0 fully saturated rings. The van der Waals surface area contributed by atoms with Crippen LogP contribution in [0.4, 0.5) is 0 Å². The Morgan fingerprint density at radius 1 is 1.25 bits per heavy atom. The van der Waals surface area contributed by atoms with Crippen molar-refractivity contribution in [1.82, 2.24) is 4.90 Å². The first-order valence-corrected chi connectivity index (χ1v) is 6.74. The van der Waals surface area contributed by atoms with Crippen molar-refractivity contribution < 1.29 is 9.15 Å². The monoisotopic (exact) mass is 274 g/mol. The molecule has 2 N–H and O–H groups in total. The largest absolute Gasteiger partial charge is 0.496 e. The molecule has 0 aliphatic carbocycles. The maximum absolute atomic E-state index is 5.96. The van der Waals surface area contributed by atoms with Crippen LogP contribution >= 0.6 is 0 Å². The molecular formula is C16H22N2O2. The maximum atomic E-state index is 5.96. The molecule has 2 aromatic rings. The van der Waals surface area contributed by atoms with Gasteiger partial charge in [-0.3, -0.25) is 4.90 Å². The van der Waals surface area contributed by atoms with Crippen LogP contribution in [0.25, 0.3) is 0 Å². The Labute approximate surface area is 120 Å². The topological polar surface area (TPSA) is 51.6 Å². The first kappa shape index (κ1) is 14.6. The van der Waals surface area contributed by atoms with Crippen LogP contribution < -0.4 is 10.5 Å². The highest BCUT2D eigenvalue weighted by atomic mass is 16.5. The molecular weight excluding hydrogens is 252 g/mol. The molecule has 0 spiro atoms. The molecule has 0 saturated carbocycles. The van der Waals surface area contributed by atoms with Crippen LogP contribution in [0.5, 0.6) is 5.75 Å². The molecule has 4 nitrogen and oxygen atoms in total. The van der Waals surface area contributed by atoms with Gasteiger partial charge in [0.25, 0.3) is 0 Å². The molecule has 0 aliphatic rings. The molecule has 1 aromatic carbocycles. The molecule has 1 heterocycles. The van der Waals surface area contributed by atoms with Gasteiger partial charge in [0.1, 0.15) is 17.3 Å². The van der Waals surface area contributed by atoms with Crippen LogP contribution in [-0.4, -0.2) is 25.6 Å². The number of methoxy groups -OCH3 is 1. The van der Waals surface area contributed by atoms with E-state index >= 15 is 0 Å². The van der Waals surface area contributed by atoms with Crippen molar-refractivity contribution in [3.05, 3.63) is 53.5 Å². The lowest BCUT2D eigenvalue weighted by atomic mass is 10.0. The molecule has 2 rings (SSSR count). The molecule has 1 aromatic heterocycles. The van der Waals surface area contributed by atoms with Gasteiger partial charge in [0.05, 0.1) is 19.7 Å². The van der Waals surface area contributed by atoms with Gasteiger partial charge in [-0.25, -0.2) is 0 Å². The summed E-state index contributed by atoms with van der Waals surface area (Å²) in [7, 11) is 3.73. The molecule has 1 unspecified atom stereocenters. The van der Waals surface area contributed by atoms with Crippen LogP contribution in [0, 0.1) is 6.92 Å². The number of nitrogens with zero attached hydrogens (tertiary/aromatic N) is 1. The number of benzene rings is 1. The quantitative estimate of drug-likeness (QED) is 0.880. The van der Waals surface area contributed by atoms with Crippen molar-refractivity contribution >= 4 is 0 Å². The minimum Gasteiger partial charge on any atom is -0.496 e. The standard InChI is InChI=1S/C16H22N2O2/c1-12-8-9-13(20-12)11-18(2)15(10-17)14-6-4-5-7-16(14)19-3/h4-9,15H,10-11,17H2,1-3H3. The van der Waals surface area contributed by atoms with Crippen LogP contribution in [0.1, 0.15) is 23.1 Å². The Bertz CT molecular complexity index is 551. The first-order valence-electron chi connectivity index (χ1n) is 6.74. The van der Waals surface area contributed by atoms with E-state index < -0.39 is 0 Å². The second-order valence-electron chi connectivity index (χ2n) is 4.92. The lowest BCUT2D eigenvalue weighted by Crippen LogP contribution is -2.30. The Hall–Kier alpha value is -1.78. The maximum Gasteiger partial charge on any atom is 0.123 e. The van der Waals surface area contributed by atoms with Crippen molar-refractivity contribution in [3.63, 3.8) is 0 Å². The van der Waals surface area contributed by atoms with Crippen molar-refractivity contribution in [2.75, 3.05) is 20.7 Å². The van der Waals surface area contributed by atoms with Crippen LogP contribution in [0.2, 0.25) is 0 Å². The molecule has 0 saturated heterocycles. The van der Waals surface area contributed by atoms with Gasteiger partial charge in [0.2, 0.25) is 0 Å². The highest BCUT2D eigenvalue weighted by molar-refractivity contribution is 5.36. The number of ether oxygens (including phenoxy) is 1. The van der Waals surface area contributed by atoms with Gasteiger partial charge in [0, 0.05) is 12.1 Å². The third kappa shape index (κ3) is 3.21. The number of hydrogen-bond acceptors (Lipinski definition) is 4. The van der Waals surface area contributed by atoms with E-state index in [1.165, 1.54) is 0 Å². The van der Waals surface area contributed by atoms with Crippen molar-refractivity contribution in [2.45, 2.75) is 19.5 Å². The molecule has 0 aliphatic heterocycles. The minimum absolute atomic E-state index is 0.0940. The Balaban J connectivity index is 2.18. The summed E-state index contributed by atoms with van der Waals surface area (Å²) in [6.45, 7) is 3.19. The highest BCUT2D eigenvalue weighted by Crippen LogP contribution is 2.28. The van der Waals surface area contributed by atoms with E-state index in [1.807, 2.05) is 44.3 Å². The summed E-state index contributed by atoms with van der Waals surface area (Å²) in [6, 6.07) is 12.1. The van der Waals surface area contributed by atoms with E-state index in [4.69, 9.17) is 14.9 Å². The highest BCUT2D eigenvalue weighted by Gasteiger charge is 2.20. The van der Waals surface area contributed by atoms with Gasteiger partial charge in [-0.05, 0) is 32.2 Å². The van der Waals surface area contributed by atoms with Gasteiger partial charge in [0.15, 0.2) is 0 Å². The third-order valence-electron chi connectivity index (χ3n) is 3.45. The number of para-hydroxylation sites is 1. The van der Waals surface area contributed by atoms with Gasteiger partial charge >= 0.3 is 0 Å². The average Bonchev–Trinajstić information content (AvgIpc) is 2.85. The lowest BCUT2D eigenvalue weighted by Gasteiger charge is -2.27. The van der Waals surface area contributed by atoms with Crippen molar-refractivity contribution in [1.29, 1.82) is 0 Å². The summed E-state index contributed by atoms with van der Waals surface area (Å²) in [5.41, 5.74) is 7.06. The fraction of sp³-hybridized carbons (Fsp3) is 0.375. The van der Waals surface area contributed by atoms with E-state index in [2.05, 4.69) is 11.0 Å². The Morgan fingerprint density at radius 2 is 2.00 bits per heavy atom. The van der Waals surface area contributed by atoms with Crippen LogP contribution in [0.15, 0.2) is 40.8 Å². The van der Waals surface area contributed by atoms with Crippen LogP contribution in [0.3, 0.4) is 0 Å². The van der Waals surface area contributed by atoms with Gasteiger partial charge in [-0.1, -0.05) is 18.2 Å². The molecule has 108 valence electrons. The van der Waals surface area contributed by atoms with E-state index in [9.17, 15) is 0 Å². The summed E-state index contributed by atoms with van der Waals surface area (Å²) >= 11 is 0. The molecule has 1 atom stereocenters. The first-order chi connectivity index (χ1) is 9.65. The summed E-state index contributed by atoms with van der Waals surface area (Å²) < 4.78 is 11.1. The summed E-state index contributed by atoms with van der Waals surface area (Å²) in [5, 5.41) is 0. The second kappa shape index (κ2) is 6.59. The van der Waals surface area contributed by atoms with E-state index in [1.54, 1.807) is 7.11 Å². The number of furan rings is 1. The molecule has 0 radical (unpaired) electrons. The number of rotatable bonds is 6. The number of hydrogen-bond donors (Lipinski definition) is 1. The predicted molar refractivity (Wildman–Crippen MR) is 79.7 cm³/mol. The number of nitrogens with two attached hydrogens (primary N) is 1. The molecule has 20 heavy (non-hydrogen) atoms. The van der Waals surface area contributed by atoms with Gasteiger partial charge < -0.3 is 14.9 Å². The van der Waals surface area contributed by atoms with E-state index in [-0.39, 0.29) is 6.04 Å². The van der Waals surface area contributed by atoms with E-state index in [0.29, 0.717) is 13.1 Å². The summed E-state index contributed by atoms with van der Waals surface area (Å²) in [5.74, 6) is 2.73. The minimum atomic E-state index is 0.0940. The Kier molecular flexibility index (Phi) is 4.82. The van der Waals surface area contributed by atoms with Crippen molar-refractivity contribution in [2.24, 2.45) is 5.73 Å². The average molecular weight is 274 g/mol. The fourth-order valence-corrected chi connectivity index (χ4v) is 2.41. The zero-order chi connectivity index (χ0) is 14.5. The lowest BCUT2D eigenvalue weighted by molar-refractivity contribution is 0.217. The molecule has 0 amide bonds. The zero-order valence-electron chi connectivity index (χ0n) is 12.3. The zero-order valence-corrected chi connectivity index (χ0v) is 12.3. The number of likely N-dealkylation sites (N-methyl/N-ethyl adjacent to an activating group) is 1. The van der Waals surface area contributed by atoms with Crippen LogP contribution in [-0.2, 0) is 6.54 Å². The summed E-state index contributed by atoms with van der Waals surface area (Å²) in [4.78, 5) is 2.18.